The van der Waals surface area contributed by atoms with Gasteiger partial charge in [0.1, 0.15) is 0 Å². The van der Waals surface area contributed by atoms with Gasteiger partial charge >= 0.3 is 0 Å². The first kappa shape index (κ1) is 13.5. The number of nitrogens with zero attached hydrogens (tertiary/aromatic N) is 1. The van der Waals surface area contributed by atoms with E-state index in [0.717, 1.165) is 27.4 Å². The standard InChI is InChI=1S/C20H14N2O/c21-20(23)17-12-6-11-16-14-9-4-5-10-15(14)18(22-19(16)17)13-7-2-1-3-8-13/h1-12H,(H2,21,23). The molecule has 0 spiro atoms. The summed E-state index contributed by atoms with van der Waals surface area (Å²) in [5.41, 5.74) is 8.52. The Morgan fingerprint density at radius 2 is 1.39 bits per heavy atom. The van der Waals surface area contributed by atoms with Crippen LogP contribution in [0.4, 0.5) is 0 Å². The number of hydrogen-bond donors (Lipinski definition) is 1. The third-order valence-electron chi connectivity index (χ3n) is 4.04. The van der Waals surface area contributed by atoms with Gasteiger partial charge in [0, 0.05) is 16.3 Å². The van der Waals surface area contributed by atoms with Crippen molar-refractivity contribution in [1.29, 1.82) is 0 Å². The zero-order chi connectivity index (χ0) is 15.8. The fraction of sp³-hybridized carbons (Fsp3) is 0. The van der Waals surface area contributed by atoms with Crippen molar-refractivity contribution in [2.45, 2.75) is 0 Å². The molecule has 0 unspecified atom stereocenters. The number of para-hydroxylation sites is 1. The summed E-state index contributed by atoms with van der Waals surface area (Å²) in [4.78, 5) is 16.6. The van der Waals surface area contributed by atoms with Crippen LogP contribution in [0.15, 0.2) is 72.8 Å². The summed E-state index contributed by atoms with van der Waals surface area (Å²) in [5, 5.41) is 3.07. The molecule has 1 heterocycles. The average Bonchev–Trinajstić information content (AvgIpc) is 2.61. The minimum Gasteiger partial charge on any atom is -0.366 e. The van der Waals surface area contributed by atoms with Crippen molar-refractivity contribution in [2.24, 2.45) is 5.73 Å². The SMILES string of the molecule is NC(=O)c1cccc2c1nc(-c1ccccc1)c1ccccc12. The van der Waals surface area contributed by atoms with E-state index < -0.39 is 5.91 Å². The first-order chi connectivity index (χ1) is 11.3. The fourth-order valence-electron chi connectivity index (χ4n) is 2.99. The van der Waals surface area contributed by atoms with Crippen molar-refractivity contribution in [2.75, 3.05) is 0 Å². The van der Waals surface area contributed by atoms with E-state index in [1.807, 2.05) is 54.6 Å². The maximum absolute atomic E-state index is 11.8. The second-order valence-electron chi connectivity index (χ2n) is 5.44. The number of fused-ring (bicyclic) bond motifs is 3. The zero-order valence-corrected chi connectivity index (χ0v) is 12.4. The molecule has 4 aromatic rings. The van der Waals surface area contributed by atoms with E-state index >= 15 is 0 Å². The maximum atomic E-state index is 11.8. The van der Waals surface area contributed by atoms with Gasteiger partial charge in [-0.05, 0) is 11.5 Å². The highest BCUT2D eigenvalue weighted by Crippen LogP contribution is 2.33. The Bertz CT molecular complexity index is 1040. The third-order valence-corrected chi connectivity index (χ3v) is 4.04. The minimum absolute atomic E-state index is 0.449. The number of nitrogens with two attached hydrogens (primary N) is 1. The van der Waals surface area contributed by atoms with E-state index in [-0.39, 0.29) is 0 Å². The summed E-state index contributed by atoms with van der Waals surface area (Å²) in [6.07, 6.45) is 0. The molecule has 0 bridgehead atoms. The van der Waals surface area contributed by atoms with Gasteiger partial charge in [0.25, 0.3) is 5.91 Å². The number of rotatable bonds is 2. The third kappa shape index (κ3) is 2.14. The Hall–Kier alpha value is -3.20. The summed E-state index contributed by atoms with van der Waals surface area (Å²) in [6, 6.07) is 23.6. The summed E-state index contributed by atoms with van der Waals surface area (Å²) in [5.74, 6) is -0.461. The van der Waals surface area contributed by atoms with Crippen molar-refractivity contribution in [3.05, 3.63) is 78.4 Å². The smallest absolute Gasteiger partial charge is 0.250 e. The molecule has 1 aromatic heterocycles. The molecule has 23 heavy (non-hydrogen) atoms. The second kappa shape index (κ2) is 5.21. The molecular formula is C20H14N2O. The molecule has 0 fully saturated rings. The summed E-state index contributed by atoms with van der Waals surface area (Å²) >= 11 is 0. The van der Waals surface area contributed by atoms with Crippen molar-refractivity contribution in [3.63, 3.8) is 0 Å². The highest BCUT2D eigenvalue weighted by molar-refractivity contribution is 6.16. The highest BCUT2D eigenvalue weighted by Gasteiger charge is 2.14. The molecule has 0 saturated carbocycles. The zero-order valence-electron chi connectivity index (χ0n) is 12.4. The van der Waals surface area contributed by atoms with Crippen molar-refractivity contribution in [3.8, 4) is 11.3 Å². The molecule has 2 N–H and O–H groups in total. The molecule has 3 aromatic carbocycles. The Balaban J connectivity index is 2.21. The van der Waals surface area contributed by atoms with Crippen LogP contribution in [0.3, 0.4) is 0 Å². The van der Waals surface area contributed by atoms with Crippen LogP contribution in [-0.2, 0) is 0 Å². The Labute approximate surface area is 133 Å². The summed E-state index contributed by atoms with van der Waals surface area (Å²) in [6.45, 7) is 0. The van der Waals surface area contributed by atoms with Gasteiger partial charge in [-0.1, -0.05) is 66.7 Å². The van der Waals surface area contributed by atoms with Gasteiger partial charge in [-0.15, -0.1) is 0 Å². The number of hydrogen-bond acceptors (Lipinski definition) is 2. The van der Waals surface area contributed by atoms with Crippen molar-refractivity contribution in [1.82, 2.24) is 4.98 Å². The Morgan fingerprint density at radius 1 is 0.739 bits per heavy atom. The summed E-state index contributed by atoms with van der Waals surface area (Å²) < 4.78 is 0. The van der Waals surface area contributed by atoms with Crippen LogP contribution in [0.2, 0.25) is 0 Å². The lowest BCUT2D eigenvalue weighted by Crippen LogP contribution is -2.12. The molecule has 0 aliphatic heterocycles. The predicted octanol–water partition coefficient (Wildman–Crippen LogP) is 4.15. The largest absolute Gasteiger partial charge is 0.366 e. The van der Waals surface area contributed by atoms with E-state index in [1.165, 1.54) is 0 Å². The number of primary amides is 1. The number of amides is 1. The van der Waals surface area contributed by atoms with Crippen LogP contribution < -0.4 is 5.73 Å². The van der Waals surface area contributed by atoms with E-state index in [9.17, 15) is 4.79 Å². The van der Waals surface area contributed by atoms with Crippen molar-refractivity contribution < 1.29 is 4.79 Å². The Kier molecular flexibility index (Phi) is 3.05. The fourth-order valence-corrected chi connectivity index (χ4v) is 2.99. The number of aromatic nitrogens is 1. The monoisotopic (exact) mass is 298 g/mol. The van der Waals surface area contributed by atoms with E-state index in [4.69, 9.17) is 10.7 Å². The van der Waals surface area contributed by atoms with Gasteiger partial charge in [-0.25, -0.2) is 4.98 Å². The van der Waals surface area contributed by atoms with Gasteiger partial charge in [0.2, 0.25) is 0 Å². The number of benzene rings is 3. The van der Waals surface area contributed by atoms with Gasteiger partial charge in [-0.3, -0.25) is 4.79 Å². The van der Waals surface area contributed by atoms with E-state index in [0.29, 0.717) is 11.1 Å². The Morgan fingerprint density at radius 3 is 2.13 bits per heavy atom. The molecule has 1 amide bonds. The lowest BCUT2D eigenvalue weighted by atomic mass is 9.98. The lowest BCUT2D eigenvalue weighted by molar-refractivity contribution is 0.100. The maximum Gasteiger partial charge on any atom is 0.250 e. The quantitative estimate of drug-likeness (QED) is 0.565. The molecule has 0 saturated heterocycles. The first-order valence-electron chi connectivity index (χ1n) is 7.42. The van der Waals surface area contributed by atoms with Gasteiger partial charge < -0.3 is 5.73 Å². The van der Waals surface area contributed by atoms with Gasteiger partial charge in [0.15, 0.2) is 0 Å². The van der Waals surface area contributed by atoms with E-state index in [1.54, 1.807) is 6.07 Å². The van der Waals surface area contributed by atoms with E-state index in [2.05, 4.69) is 12.1 Å². The topological polar surface area (TPSA) is 56.0 Å². The number of pyridine rings is 1. The average molecular weight is 298 g/mol. The summed E-state index contributed by atoms with van der Waals surface area (Å²) in [7, 11) is 0. The molecule has 4 rings (SSSR count). The van der Waals surface area contributed by atoms with Crippen LogP contribution in [0.25, 0.3) is 32.9 Å². The molecule has 0 aliphatic rings. The van der Waals surface area contributed by atoms with Gasteiger partial charge in [0.05, 0.1) is 16.8 Å². The lowest BCUT2D eigenvalue weighted by Gasteiger charge is -2.11. The molecule has 3 nitrogen and oxygen atoms in total. The van der Waals surface area contributed by atoms with Crippen LogP contribution in [-0.4, -0.2) is 10.9 Å². The molecule has 3 heteroatoms. The number of carbonyl (C=O) groups excluding carboxylic acids is 1. The number of carbonyl (C=O) groups is 1. The minimum atomic E-state index is -0.461. The van der Waals surface area contributed by atoms with Crippen molar-refractivity contribution >= 4 is 27.6 Å². The highest BCUT2D eigenvalue weighted by atomic mass is 16.1. The second-order valence-corrected chi connectivity index (χ2v) is 5.44. The molecule has 0 radical (unpaired) electrons. The first-order valence-corrected chi connectivity index (χ1v) is 7.42. The van der Waals surface area contributed by atoms with Gasteiger partial charge in [-0.2, -0.15) is 0 Å². The predicted molar refractivity (Wildman–Crippen MR) is 93.2 cm³/mol. The van der Waals surface area contributed by atoms with Crippen LogP contribution in [0.5, 0.6) is 0 Å². The normalized spacial score (nSPS) is 11.0. The molecule has 0 atom stereocenters. The van der Waals surface area contributed by atoms with Crippen LogP contribution in [0.1, 0.15) is 10.4 Å². The molecular weight excluding hydrogens is 284 g/mol. The van der Waals surface area contributed by atoms with Crippen LogP contribution >= 0.6 is 0 Å². The molecule has 0 aliphatic carbocycles. The molecule has 110 valence electrons. The van der Waals surface area contributed by atoms with Crippen LogP contribution in [0, 0.1) is 0 Å².